The van der Waals surface area contributed by atoms with Crippen LogP contribution in [-0.4, -0.2) is 36.5 Å². The first-order chi connectivity index (χ1) is 12.7. The Morgan fingerprint density at radius 2 is 1.50 bits per heavy atom. The van der Waals surface area contributed by atoms with E-state index in [4.69, 9.17) is 5.73 Å². The topological polar surface area (TPSA) is 49.6 Å². The van der Waals surface area contributed by atoms with Crippen LogP contribution >= 0.6 is 0 Å². The van der Waals surface area contributed by atoms with Gasteiger partial charge in [0, 0.05) is 30.4 Å². The summed E-state index contributed by atoms with van der Waals surface area (Å²) in [5.41, 5.74) is 8.73. The number of nitrogens with zero attached hydrogens (tertiary/aromatic N) is 2. The number of para-hydroxylation sites is 1. The Kier molecular flexibility index (Phi) is 4.79. The van der Waals surface area contributed by atoms with Gasteiger partial charge in [-0.3, -0.25) is 9.69 Å². The van der Waals surface area contributed by atoms with Gasteiger partial charge in [-0.2, -0.15) is 0 Å². The molecule has 0 atom stereocenters. The largest absolute Gasteiger partial charge is 0.321 e. The molecule has 26 heavy (non-hydrogen) atoms. The Labute approximate surface area is 155 Å². The predicted molar refractivity (Wildman–Crippen MR) is 105 cm³/mol. The molecular weight excluding hydrogens is 322 g/mol. The van der Waals surface area contributed by atoms with Crippen LogP contribution in [0, 0.1) is 0 Å². The zero-order valence-electron chi connectivity index (χ0n) is 15.2. The van der Waals surface area contributed by atoms with E-state index < -0.39 is 0 Å². The minimum absolute atomic E-state index is 0.204. The number of benzene rings is 2. The maximum absolute atomic E-state index is 12.7. The van der Waals surface area contributed by atoms with Crippen LogP contribution in [0.1, 0.15) is 31.2 Å². The molecule has 4 nitrogen and oxygen atoms in total. The van der Waals surface area contributed by atoms with Gasteiger partial charge in [-0.25, -0.2) is 0 Å². The van der Waals surface area contributed by atoms with Crippen LogP contribution in [0.4, 0.5) is 5.69 Å². The van der Waals surface area contributed by atoms with Crippen molar-refractivity contribution < 1.29 is 4.79 Å². The molecule has 136 valence electrons. The first kappa shape index (κ1) is 17.3. The van der Waals surface area contributed by atoms with Gasteiger partial charge in [0.1, 0.15) is 0 Å². The standard InChI is InChI=1S/C22H27N3O/c23-22(18-7-3-1-4-8-18)13-11-19(12-14-22)24-15-16-25(21(26)17-24)20-9-5-2-6-10-20/h1-10,19H,11-17,23H2. The molecule has 2 aromatic rings. The third-order valence-corrected chi connectivity index (χ3v) is 6.03. The van der Waals surface area contributed by atoms with Gasteiger partial charge in [0.05, 0.1) is 6.54 Å². The molecule has 1 aliphatic carbocycles. The Morgan fingerprint density at radius 3 is 2.12 bits per heavy atom. The zero-order valence-corrected chi connectivity index (χ0v) is 15.2. The van der Waals surface area contributed by atoms with Crippen molar-refractivity contribution in [1.29, 1.82) is 0 Å². The van der Waals surface area contributed by atoms with Crippen LogP contribution in [0.25, 0.3) is 0 Å². The molecule has 0 bridgehead atoms. The van der Waals surface area contributed by atoms with Gasteiger partial charge in [0.2, 0.25) is 5.91 Å². The molecule has 1 saturated heterocycles. The summed E-state index contributed by atoms with van der Waals surface area (Å²) >= 11 is 0. The van der Waals surface area contributed by atoms with Gasteiger partial charge in [-0.05, 0) is 43.4 Å². The SMILES string of the molecule is NC1(c2ccccc2)CCC(N2CCN(c3ccccc3)C(=O)C2)CC1. The van der Waals surface area contributed by atoms with Crippen LogP contribution < -0.4 is 10.6 Å². The molecule has 2 aromatic carbocycles. The number of carbonyl (C=O) groups is 1. The van der Waals surface area contributed by atoms with Gasteiger partial charge in [-0.1, -0.05) is 48.5 Å². The molecule has 2 aliphatic rings. The second-order valence-electron chi connectivity index (χ2n) is 7.60. The van der Waals surface area contributed by atoms with E-state index in [9.17, 15) is 4.79 Å². The highest BCUT2D eigenvalue weighted by Gasteiger charge is 2.37. The Balaban J connectivity index is 1.37. The van der Waals surface area contributed by atoms with Crippen LogP contribution in [-0.2, 0) is 10.3 Å². The lowest BCUT2D eigenvalue weighted by atomic mass is 9.75. The molecule has 0 radical (unpaired) electrons. The fourth-order valence-corrected chi connectivity index (χ4v) is 4.43. The van der Waals surface area contributed by atoms with E-state index in [0.29, 0.717) is 12.6 Å². The molecule has 2 fully saturated rings. The number of rotatable bonds is 3. The molecule has 1 heterocycles. The molecule has 2 N–H and O–H groups in total. The lowest BCUT2D eigenvalue weighted by Gasteiger charge is -2.44. The second kappa shape index (κ2) is 7.22. The Bertz CT molecular complexity index is 738. The van der Waals surface area contributed by atoms with Crippen molar-refractivity contribution in [3.05, 3.63) is 66.2 Å². The summed E-state index contributed by atoms with van der Waals surface area (Å²) in [6.45, 7) is 2.22. The summed E-state index contributed by atoms with van der Waals surface area (Å²) in [6, 6.07) is 20.9. The summed E-state index contributed by atoms with van der Waals surface area (Å²) in [5.74, 6) is 0.204. The molecule has 1 saturated carbocycles. The minimum atomic E-state index is -0.215. The summed E-state index contributed by atoms with van der Waals surface area (Å²) in [5, 5.41) is 0. The number of hydrogen-bond donors (Lipinski definition) is 1. The average Bonchev–Trinajstić information content (AvgIpc) is 2.70. The van der Waals surface area contributed by atoms with E-state index >= 15 is 0 Å². The number of carbonyl (C=O) groups excluding carboxylic acids is 1. The van der Waals surface area contributed by atoms with Crippen molar-refractivity contribution in [1.82, 2.24) is 4.90 Å². The minimum Gasteiger partial charge on any atom is -0.321 e. The third kappa shape index (κ3) is 3.39. The first-order valence-corrected chi connectivity index (χ1v) is 9.60. The summed E-state index contributed by atoms with van der Waals surface area (Å²) in [6.07, 6.45) is 4.08. The lowest BCUT2D eigenvalue weighted by Crippen LogP contribution is -2.55. The van der Waals surface area contributed by atoms with E-state index in [1.165, 1.54) is 5.56 Å². The number of hydrogen-bond acceptors (Lipinski definition) is 3. The fourth-order valence-electron chi connectivity index (χ4n) is 4.43. The van der Waals surface area contributed by atoms with Gasteiger partial charge in [-0.15, -0.1) is 0 Å². The molecular formula is C22H27N3O. The maximum atomic E-state index is 12.7. The number of piperazine rings is 1. The zero-order chi connectivity index (χ0) is 18.0. The highest BCUT2D eigenvalue weighted by molar-refractivity contribution is 5.95. The van der Waals surface area contributed by atoms with E-state index in [1.807, 2.05) is 41.3 Å². The molecule has 1 amide bonds. The highest BCUT2D eigenvalue weighted by Crippen LogP contribution is 2.37. The molecule has 0 unspecified atom stereocenters. The number of amides is 1. The van der Waals surface area contributed by atoms with Crippen LogP contribution in [0.15, 0.2) is 60.7 Å². The molecule has 0 spiro atoms. The van der Waals surface area contributed by atoms with Crippen LogP contribution in [0.2, 0.25) is 0 Å². The van der Waals surface area contributed by atoms with Gasteiger partial charge in [0.25, 0.3) is 0 Å². The smallest absolute Gasteiger partial charge is 0.241 e. The Hall–Kier alpha value is -2.17. The van der Waals surface area contributed by atoms with Gasteiger partial charge >= 0.3 is 0 Å². The Morgan fingerprint density at radius 1 is 0.885 bits per heavy atom. The number of anilines is 1. The third-order valence-electron chi connectivity index (χ3n) is 6.03. The lowest BCUT2D eigenvalue weighted by molar-refractivity contribution is -0.122. The van der Waals surface area contributed by atoms with Crippen molar-refractivity contribution in [2.75, 3.05) is 24.5 Å². The number of nitrogens with two attached hydrogens (primary N) is 1. The summed E-state index contributed by atoms with van der Waals surface area (Å²) < 4.78 is 0. The molecule has 0 aromatic heterocycles. The monoisotopic (exact) mass is 349 g/mol. The predicted octanol–water partition coefficient (Wildman–Crippen LogP) is 3.13. The van der Waals surface area contributed by atoms with Crippen LogP contribution in [0.3, 0.4) is 0 Å². The van der Waals surface area contributed by atoms with Crippen LogP contribution in [0.5, 0.6) is 0 Å². The maximum Gasteiger partial charge on any atom is 0.241 e. The normalized spacial score (nSPS) is 27.5. The molecule has 1 aliphatic heterocycles. The highest BCUT2D eigenvalue weighted by atomic mass is 16.2. The quantitative estimate of drug-likeness (QED) is 0.926. The summed E-state index contributed by atoms with van der Waals surface area (Å²) in [4.78, 5) is 16.9. The van der Waals surface area contributed by atoms with E-state index in [0.717, 1.165) is 44.5 Å². The molecule has 4 rings (SSSR count). The van der Waals surface area contributed by atoms with E-state index in [2.05, 4.69) is 29.2 Å². The second-order valence-corrected chi connectivity index (χ2v) is 7.60. The van der Waals surface area contributed by atoms with Crippen molar-refractivity contribution >= 4 is 11.6 Å². The van der Waals surface area contributed by atoms with Gasteiger partial charge < -0.3 is 10.6 Å². The van der Waals surface area contributed by atoms with Crippen molar-refractivity contribution in [3.63, 3.8) is 0 Å². The van der Waals surface area contributed by atoms with Crippen molar-refractivity contribution in [3.8, 4) is 0 Å². The first-order valence-electron chi connectivity index (χ1n) is 9.60. The summed E-state index contributed by atoms with van der Waals surface area (Å²) in [7, 11) is 0. The van der Waals surface area contributed by atoms with Gasteiger partial charge in [0.15, 0.2) is 0 Å². The molecule has 4 heteroatoms. The fraction of sp³-hybridized carbons (Fsp3) is 0.409. The van der Waals surface area contributed by atoms with E-state index in [-0.39, 0.29) is 11.4 Å². The average molecular weight is 349 g/mol. The van der Waals surface area contributed by atoms with Crippen molar-refractivity contribution in [2.45, 2.75) is 37.3 Å². The van der Waals surface area contributed by atoms with Crippen molar-refractivity contribution in [2.24, 2.45) is 5.73 Å². The van der Waals surface area contributed by atoms with E-state index in [1.54, 1.807) is 0 Å².